The zero-order chi connectivity index (χ0) is 20.2. The summed E-state index contributed by atoms with van der Waals surface area (Å²) in [5.74, 6) is 0.458. The lowest BCUT2D eigenvalue weighted by atomic mass is 9.90. The van der Waals surface area contributed by atoms with E-state index < -0.39 is 0 Å². The van der Waals surface area contributed by atoms with Crippen LogP contribution in [0.4, 0.5) is 0 Å². The molecule has 0 amide bonds. The molecule has 0 unspecified atom stereocenters. The Hall–Kier alpha value is -2.57. The van der Waals surface area contributed by atoms with E-state index in [4.69, 9.17) is 4.74 Å². The summed E-state index contributed by atoms with van der Waals surface area (Å²) in [7, 11) is 3.65. The summed E-state index contributed by atoms with van der Waals surface area (Å²) in [6.45, 7) is 3.64. The summed E-state index contributed by atoms with van der Waals surface area (Å²) >= 11 is 0. The molecular weight excluding hydrogens is 364 g/mol. The third-order valence-corrected chi connectivity index (χ3v) is 5.83. The highest BCUT2D eigenvalue weighted by molar-refractivity contribution is 5.88. The fraction of sp³-hybridized carbons (Fsp3) is 0.435. The molecule has 0 spiro atoms. The molecular formula is C23H28N4O2. The second kappa shape index (κ2) is 8.84. The molecule has 3 heterocycles. The van der Waals surface area contributed by atoms with Crippen LogP contribution in [0.3, 0.4) is 0 Å². The average molecular weight is 393 g/mol. The molecule has 3 aromatic rings. The number of carbonyl (C=O) groups excluding carboxylic acids is 1. The molecule has 6 heteroatoms. The molecule has 0 saturated carbocycles. The first-order chi connectivity index (χ1) is 14.1. The van der Waals surface area contributed by atoms with Crippen molar-refractivity contribution in [1.29, 1.82) is 0 Å². The molecule has 0 bridgehead atoms. The van der Waals surface area contributed by atoms with Gasteiger partial charge in [-0.2, -0.15) is 5.10 Å². The lowest BCUT2D eigenvalue weighted by Crippen LogP contribution is -2.38. The number of piperidine rings is 1. The summed E-state index contributed by atoms with van der Waals surface area (Å²) in [4.78, 5) is 19.7. The van der Waals surface area contributed by atoms with Crippen LogP contribution in [0, 0.1) is 5.92 Å². The quantitative estimate of drug-likeness (QED) is 0.618. The van der Waals surface area contributed by atoms with E-state index in [1.807, 2.05) is 25.6 Å². The molecule has 2 aromatic heterocycles. The number of carbonyl (C=O) groups is 1. The number of pyridine rings is 1. The zero-order valence-electron chi connectivity index (χ0n) is 17.2. The third kappa shape index (κ3) is 4.71. The van der Waals surface area contributed by atoms with E-state index in [1.165, 1.54) is 0 Å². The van der Waals surface area contributed by atoms with Crippen molar-refractivity contribution in [2.75, 3.05) is 33.4 Å². The van der Waals surface area contributed by atoms with E-state index in [0.29, 0.717) is 12.2 Å². The van der Waals surface area contributed by atoms with Crippen molar-refractivity contribution >= 4 is 16.6 Å². The number of fused-ring (bicyclic) bond motifs is 1. The van der Waals surface area contributed by atoms with Gasteiger partial charge in [0.15, 0.2) is 0 Å². The Balaban J connectivity index is 1.43. The number of ketones is 1. The molecule has 0 aliphatic carbocycles. The van der Waals surface area contributed by atoms with Gasteiger partial charge in [-0.1, -0.05) is 12.1 Å². The third-order valence-electron chi connectivity index (χ3n) is 5.83. The number of nitrogens with zero attached hydrogens (tertiary/aromatic N) is 4. The van der Waals surface area contributed by atoms with Crippen LogP contribution in [0.15, 0.2) is 42.9 Å². The molecule has 29 heavy (non-hydrogen) atoms. The Morgan fingerprint density at radius 3 is 2.69 bits per heavy atom. The van der Waals surface area contributed by atoms with Crippen LogP contribution < -0.4 is 0 Å². The number of hydrogen-bond acceptors (Lipinski definition) is 5. The van der Waals surface area contributed by atoms with Crippen LogP contribution >= 0.6 is 0 Å². The van der Waals surface area contributed by atoms with Gasteiger partial charge in [-0.05, 0) is 49.0 Å². The fourth-order valence-electron chi connectivity index (χ4n) is 4.05. The van der Waals surface area contributed by atoms with Gasteiger partial charge in [-0.25, -0.2) is 0 Å². The predicted molar refractivity (Wildman–Crippen MR) is 114 cm³/mol. The average Bonchev–Trinajstić information content (AvgIpc) is 3.18. The molecule has 1 aromatic carbocycles. The van der Waals surface area contributed by atoms with Gasteiger partial charge in [0, 0.05) is 62.1 Å². The van der Waals surface area contributed by atoms with Gasteiger partial charge in [0.2, 0.25) is 0 Å². The van der Waals surface area contributed by atoms with Crippen LogP contribution in [0.2, 0.25) is 0 Å². The van der Waals surface area contributed by atoms with Crippen LogP contribution in [-0.4, -0.2) is 58.8 Å². The molecule has 0 atom stereocenters. The van der Waals surface area contributed by atoms with Gasteiger partial charge in [0.1, 0.15) is 5.78 Å². The van der Waals surface area contributed by atoms with Crippen molar-refractivity contribution in [2.24, 2.45) is 13.0 Å². The van der Waals surface area contributed by atoms with Gasteiger partial charge in [-0.15, -0.1) is 0 Å². The van der Waals surface area contributed by atoms with Crippen LogP contribution in [-0.2, 0) is 23.0 Å². The number of methoxy groups -OCH3 is 1. The molecule has 1 aliphatic rings. The number of benzene rings is 1. The van der Waals surface area contributed by atoms with E-state index >= 15 is 0 Å². The molecule has 152 valence electrons. The first-order valence-electron chi connectivity index (χ1n) is 10.2. The largest absolute Gasteiger partial charge is 0.383 e. The fourth-order valence-corrected chi connectivity index (χ4v) is 4.05. The van der Waals surface area contributed by atoms with Crippen molar-refractivity contribution < 1.29 is 9.53 Å². The Labute approximate surface area is 171 Å². The lowest BCUT2D eigenvalue weighted by Gasteiger charge is -2.30. The Bertz CT molecular complexity index is 989. The Morgan fingerprint density at radius 1 is 1.14 bits per heavy atom. The predicted octanol–water partition coefficient (Wildman–Crippen LogP) is 3.11. The van der Waals surface area contributed by atoms with Crippen LogP contribution in [0.1, 0.15) is 18.5 Å². The molecule has 0 radical (unpaired) electrons. The number of hydrogen-bond donors (Lipinski definition) is 0. The highest BCUT2D eigenvalue weighted by Crippen LogP contribution is 2.25. The molecule has 1 aliphatic heterocycles. The van der Waals surface area contributed by atoms with E-state index in [9.17, 15) is 4.79 Å². The van der Waals surface area contributed by atoms with E-state index in [-0.39, 0.29) is 5.92 Å². The highest BCUT2D eigenvalue weighted by Gasteiger charge is 2.25. The van der Waals surface area contributed by atoms with Crippen LogP contribution in [0.25, 0.3) is 21.9 Å². The molecule has 6 nitrogen and oxygen atoms in total. The van der Waals surface area contributed by atoms with Gasteiger partial charge in [-0.3, -0.25) is 14.5 Å². The van der Waals surface area contributed by atoms with Crippen molar-refractivity contribution in [3.8, 4) is 11.1 Å². The first kappa shape index (κ1) is 19.7. The minimum atomic E-state index is 0.146. The number of ether oxygens (including phenoxy) is 1. The summed E-state index contributed by atoms with van der Waals surface area (Å²) in [5.41, 5.74) is 3.06. The maximum Gasteiger partial charge on any atom is 0.142 e. The molecule has 0 N–H and O–H groups in total. The van der Waals surface area contributed by atoms with Crippen molar-refractivity contribution in [3.05, 3.63) is 48.5 Å². The van der Waals surface area contributed by atoms with E-state index in [1.54, 1.807) is 11.8 Å². The van der Waals surface area contributed by atoms with Gasteiger partial charge >= 0.3 is 0 Å². The maximum atomic E-state index is 12.8. The number of aryl methyl sites for hydroxylation is 1. The minimum Gasteiger partial charge on any atom is -0.383 e. The SMILES string of the molecule is COCCN1CCC(C(=O)Cc2cc3cc(-c4cnn(C)c4)ccc3cn2)CC1. The van der Waals surface area contributed by atoms with Crippen molar-refractivity contribution in [2.45, 2.75) is 19.3 Å². The minimum absolute atomic E-state index is 0.146. The smallest absolute Gasteiger partial charge is 0.142 e. The highest BCUT2D eigenvalue weighted by atomic mass is 16.5. The standard InChI is InChI=1S/C23H28N4O2/c1-26-16-21(15-25-26)18-3-4-19-14-24-22(12-20(19)11-18)13-23(28)17-5-7-27(8-6-17)9-10-29-2/h3-4,11-12,14-17H,5-10,13H2,1-2H3. The maximum absolute atomic E-state index is 12.8. The van der Waals surface area contributed by atoms with Crippen molar-refractivity contribution in [3.63, 3.8) is 0 Å². The molecule has 1 fully saturated rings. The van der Waals surface area contributed by atoms with Crippen molar-refractivity contribution in [1.82, 2.24) is 19.7 Å². The summed E-state index contributed by atoms with van der Waals surface area (Å²) < 4.78 is 6.95. The van der Waals surface area contributed by atoms with E-state index in [2.05, 4.69) is 39.2 Å². The molecule has 4 rings (SSSR count). The number of Topliss-reactive ketones (excluding diaryl/α,β-unsaturated/α-hetero) is 1. The summed E-state index contributed by atoms with van der Waals surface area (Å²) in [6.07, 6.45) is 8.02. The lowest BCUT2D eigenvalue weighted by molar-refractivity contribution is -0.123. The number of aromatic nitrogens is 3. The number of likely N-dealkylation sites (tertiary alicyclic amines) is 1. The van der Waals surface area contributed by atoms with Gasteiger partial charge < -0.3 is 9.64 Å². The summed E-state index contributed by atoms with van der Waals surface area (Å²) in [6, 6.07) is 8.37. The normalized spacial score (nSPS) is 15.8. The molecule has 1 saturated heterocycles. The van der Waals surface area contributed by atoms with Gasteiger partial charge in [0.25, 0.3) is 0 Å². The van der Waals surface area contributed by atoms with Gasteiger partial charge in [0.05, 0.1) is 12.8 Å². The first-order valence-corrected chi connectivity index (χ1v) is 10.2. The Kier molecular flexibility index (Phi) is 6.02. The monoisotopic (exact) mass is 392 g/mol. The topological polar surface area (TPSA) is 60.2 Å². The van der Waals surface area contributed by atoms with E-state index in [0.717, 1.165) is 66.7 Å². The zero-order valence-corrected chi connectivity index (χ0v) is 17.2. The second-order valence-electron chi connectivity index (χ2n) is 7.89. The van der Waals surface area contributed by atoms with Crippen LogP contribution in [0.5, 0.6) is 0 Å². The number of rotatable bonds is 7. The Morgan fingerprint density at radius 2 is 1.97 bits per heavy atom. The second-order valence-corrected chi connectivity index (χ2v) is 7.89. The summed E-state index contributed by atoms with van der Waals surface area (Å²) in [5, 5.41) is 6.45.